The number of hydrogen-bond acceptors (Lipinski definition) is 4. The predicted molar refractivity (Wildman–Crippen MR) is 44.7 cm³/mol. The third-order valence-corrected chi connectivity index (χ3v) is 1.83. The van der Waals surface area contributed by atoms with Gasteiger partial charge in [0.15, 0.2) is 0 Å². The van der Waals surface area contributed by atoms with E-state index in [9.17, 15) is 4.79 Å². The van der Waals surface area contributed by atoms with E-state index in [1.807, 2.05) is 0 Å². The Balaban J connectivity index is 2.04. The molecule has 1 unspecified atom stereocenters. The molecular weight excluding hydrogens is 172 g/mol. The maximum atomic E-state index is 10.9. The van der Waals surface area contributed by atoms with Gasteiger partial charge in [0, 0.05) is 6.42 Å². The van der Waals surface area contributed by atoms with Crippen molar-refractivity contribution in [1.82, 2.24) is 9.97 Å². The highest BCUT2D eigenvalue weighted by Crippen LogP contribution is 2.11. The molecule has 1 fully saturated rings. The molecule has 13 heavy (non-hydrogen) atoms. The van der Waals surface area contributed by atoms with E-state index >= 15 is 0 Å². The molecule has 1 atom stereocenters. The summed E-state index contributed by atoms with van der Waals surface area (Å²) in [5.74, 6) is 0.360. The van der Waals surface area contributed by atoms with Gasteiger partial charge in [0.25, 0.3) is 5.56 Å². The van der Waals surface area contributed by atoms with Crippen molar-refractivity contribution in [3.63, 3.8) is 0 Å². The van der Waals surface area contributed by atoms with E-state index in [0.717, 1.165) is 6.42 Å². The highest BCUT2D eigenvalue weighted by Gasteiger charge is 2.17. The molecule has 0 aliphatic carbocycles. The molecule has 0 spiro atoms. The van der Waals surface area contributed by atoms with Crippen LogP contribution in [0.4, 0.5) is 0 Å². The largest absolute Gasteiger partial charge is 0.472 e. The molecule has 1 aromatic rings. The second-order valence-corrected chi connectivity index (χ2v) is 2.85. The topological polar surface area (TPSA) is 64.2 Å². The molecule has 1 saturated heterocycles. The zero-order valence-corrected chi connectivity index (χ0v) is 7.03. The molecule has 0 radical (unpaired) electrons. The van der Waals surface area contributed by atoms with Crippen molar-refractivity contribution in [2.45, 2.75) is 12.5 Å². The van der Waals surface area contributed by atoms with E-state index < -0.39 is 0 Å². The standard InChI is InChI=1S/C8H10N2O3/c11-7-3-8(10-5-9-7)13-6-1-2-12-4-6/h3,5-6H,1-2,4H2,(H,9,10,11). The van der Waals surface area contributed by atoms with E-state index in [1.54, 1.807) is 0 Å². The Morgan fingerprint density at radius 2 is 2.62 bits per heavy atom. The SMILES string of the molecule is O=c1cc(OC2CCOC2)nc[nH]1. The van der Waals surface area contributed by atoms with Crippen LogP contribution in [-0.4, -0.2) is 29.3 Å². The number of H-pyrrole nitrogens is 1. The van der Waals surface area contributed by atoms with Gasteiger partial charge < -0.3 is 14.5 Å². The monoisotopic (exact) mass is 182 g/mol. The lowest BCUT2D eigenvalue weighted by atomic mass is 10.3. The van der Waals surface area contributed by atoms with Crippen molar-refractivity contribution in [2.75, 3.05) is 13.2 Å². The third-order valence-electron chi connectivity index (χ3n) is 1.83. The maximum absolute atomic E-state index is 10.9. The molecule has 1 aromatic heterocycles. The van der Waals surface area contributed by atoms with Gasteiger partial charge in [-0.15, -0.1) is 0 Å². The average molecular weight is 182 g/mol. The molecule has 1 aliphatic heterocycles. The van der Waals surface area contributed by atoms with Crippen LogP contribution < -0.4 is 10.3 Å². The molecule has 2 rings (SSSR count). The van der Waals surface area contributed by atoms with Crippen molar-refractivity contribution in [3.05, 3.63) is 22.7 Å². The van der Waals surface area contributed by atoms with Gasteiger partial charge in [-0.25, -0.2) is 4.98 Å². The van der Waals surface area contributed by atoms with Gasteiger partial charge in [-0.2, -0.15) is 0 Å². The Labute approximate surface area is 74.7 Å². The first-order valence-electron chi connectivity index (χ1n) is 4.14. The first-order valence-corrected chi connectivity index (χ1v) is 4.14. The number of aromatic amines is 1. The van der Waals surface area contributed by atoms with E-state index in [0.29, 0.717) is 19.1 Å². The fraction of sp³-hybridized carbons (Fsp3) is 0.500. The summed E-state index contributed by atoms with van der Waals surface area (Å²) >= 11 is 0. The average Bonchev–Trinajstić information content (AvgIpc) is 2.57. The fourth-order valence-electron chi connectivity index (χ4n) is 1.19. The van der Waals surface area contributed by atoms with Gasteiger partial charge in [-0.3, -0.25) is 4.79 Å². The molecule has 0 amide bonds. The Bertz CT molecular complexity index is 330. The number of nitrogens with zero attached hydrogens (tertiary/aromatic N) is 1. The van der Waals surface area contributed by atoms with E-state index in [-0.39, 0.29) is 11.7 Å². The number of nitrogens with one attached hydrogen (secondary N) is 1. The van der Waals surface area contributed by atoms with Gasteiger partial charge in [0.1, 0.15) is 6.10 Å². The van der Waals surface area contributed by atoms with Crippen LogP contribution in [0.2, 0.25) is 0 Å². The lowest BCUT2D eigenvalue weighted by Gasteiger charge is -2.09. The van der Waals surface area contributed by atoms with E-state index in [1.165, 1.54) is 12.4 Å². The minimum Gasteiger partial charge on any atom is -0.472 e. The summed E-state index contributed by atoms with van der Waals surface area (Å²) in [4.78, 5) is 17.1. The lowest BCUT2D eigenvalue weighted by molar-refractivity contribution is 0.138. The Morgan fingerprint density at radius 1 is 1.69 bits per heavy atom. The summed E-state index contributed by atoms with van der Waals surface area (Å²) in [6.07, 6.45) is 2.22. The Hall–Kier alpha value is -1.36. The van der Waals surface area contributed by atoms with Crippen molar-refractivity contribution in [3.8, 4) is 5.88 Å². The molecule has 5 heteroatoms. The van der Waals surface area contributed by atoms with Gasteiger partial charge >= 0.3 is 0 Å². The molecule has 70 valence electrons. The molecule has 0 saturated carbocycles. The molecule has 2 heterocycles. The number of rotatable bonds is 2. The summed E-state index contributed by atoms with van der Waals surface area (Å²) in [6.45, 7) is 1.29. The van der Waals surface area contributed by atoms with Crippen molar-refractivity contribution in [1.29, 1.82) is 0 Å². The highest BCUT2D eigenvalue weighted by atomic mass is 16.5. The number of aromatic nitrogens is 2. The number of hydrogen-bond donors (Lipinski definition) is 1. The van der Waals surface area contributed by atoms with Gasteiger partial charge in [0.05, 0.1) is 25.6 Å². The van der Waals surface area contributed by atoms with E-state index in [4.69, 9.17) is 9.47 Å². The molecule has 5 nitrogen and oxygen atoms in total. The lowest BCUT2D eigenvalue weighted by Crippen LogP contribution is -2.18. The number of ether oxygens (including phenoxy) is 2. The first-order chi connectivity index (χ1) is 6.34. The first kappa shape index (κ1) is 8.25. The molecule has 0 bridgehead atoms. The normalized spacial score (nSPS) is 21.7. The van der Waals surface area contributed by atoms with Crippen LogP contribution in [0.1, 0.15) is 6.42 Å². The summed E-state index contributed by atoms with van der Waals surface area (Å²) in [6, 6.07) is 1.33. The second-order valence-electron chi connectivity index (χ2n) is 2.85. The second kappa shape index (κ2) is 3.57. The van der Waals surface area contributed by atoms with Crippen LogP contribution in [-0.2, 0) is 4.74 Å². The smallest absolute Gasteiger partial charge is 0.254 e. The van der Waals surface area contributed by atoms with Crippen LogP contribution in [0.25, 0.3) is 0 Å². The molecule has 1 N–H and O–H groups in total. The van der Waals surface area contributed by atoms with Gasteiger partial charge in [-0.1, -0.05) is 0 Å². The minimum absolute atomic E-state index is 0.0364. The minimum atomic E-state index is -0.205. The summed E-state index contributed by atoms with van der Waals surface area (Å²) in [5.41, 5.74) is -0.205. The van der Waals surface area contributed by atoms with Gasteiger partial charge in [0.2, 0.25) is 5.88 Å². The van der Waals surface area contributed by atoms with Crippen LogP contribution in [0.15, 0.2) is 17.2 Å². The van der Waals surface area contributed by atoms with Gasteiger partial charge in [-0.05, 0) is 0 Å². The summed E-state index contributed by atoms with van der Waals surface area (Å²) < 4.78 is 10.5. The third kappa shape index (κ3) is 2.06. The zero-order valence-electron chi connectivity index (χ0n) is 7.03. The van der Waals surface area contributed by atoms with Crippen LogP contribution in [0.5, 0.6) is 5.88 Å². The van der Waals surface area contributed by atoms with Crippen LogP contribution in [0.3, 0.4) is 0 Å². The highest BCUT2D eigenvalue weighted by molar-refractivity contribution is 5.05. The van der Waals surface area contributed by atoms with Crippen molar-refractivity contribution in [2.24, 2.45) is 0 Å². The predicted octanol–water partition coefficient (Wildman–Crippen LogP) is -0.0624. The van der Waals surface area contributed by atoms with Crippen LogP contribution in [0, 0.1) is 0 Å². The summed E-state index contributed by atoms with van der Waals surface area (Å²) in [5, 5.41) is 0. The fourth-order valence-corrected chi connectivity index (χ4v) is 1.19. The van der Waals surface area contributed by atoms with Crippen molar-refractivity contribution >= 4 is 0 Å². The van der Waals surface area contributed by atoms with Crippen LogP contribution >= 0.6 is 0 Å². The molecular formula is C8H10N2O3. The molecule has 0 aromatic carbocycles. The quantitative estimate of drug-likeness (QED) is 0.695. The maximum Gasteiger partial charge on any atom is 0.254 e. The Morgan fingerprint density at radius 3 is 3.31 bits per heavy atom. The van der Waals surface area contributed by atoms with Crippen molar-refractivity contribution < 1.29 is 9.47 Å². The Kier molecular flexibility index (Phi) is 2.27. The summed E-state index contributed by atoms with van der Waals surface area (Å²) in [7, 11) is 0. The zero-order chi connectivity index (χ0) is 9.10. The van der Waals surface area contributed by atoms with E-state index in [2.05, 4.69) is 9.97 Å². The molecule has 1 aliphatic rings.